The molecule has 1 aliphatic carbocycles. The number of alkyl halides is 1. The highest BCUT2D eigenvalue weighted by molar-refractivity contribution is 5.84. The maximum absolute atomic E-state index is 12.9. The predicted molar refractivity (Wildman–Crippen MR) is 80.9 cm³/mol. The normalized spacial score (nSPS) is 29.0. The van der Waals surface area contributed by atoms with Crippen LogP contribution in [-0.2, 0) is 4.74 Å². The molecule has 0 atom stereocenters. The molecule has 2 bridgehead atoms. The Morgan fingerprint density at radius 1 is 1.57 bits per heavy atom. The maximum atomic E-state index is 12.9. The van der Waals surface area contributed by atoms with E-state index in [-0.39, 0.29) is 17.8 Å². The SMILES string of the molecule is CC(C)Oc1ccc(/C=N/C23COC(CF)(C2)C3)c([N+](=O)[O-])n1. The van der Waals surface area contributed by atoms with Crippen molar-refractivity contribution < 1.29 is 18.8 Å². The van der Waals surface area contributed by atoms with Crippen LogP contribution in [0.25, 0.3) is 0 Å². The molecule has 8 heteroatoms. The van der Waals surface area contributed by atoms with Crippen LogP contribution in [-0.4, -0.2) is 46.6 Å². The molecule has 1 saturated carbocycles. The van der Waals surface area contributed by atoms with Gasteiger partial charge in [0.25, 0.3) is 0 Å². The Morgan fingerprint density at radius 2 is 2.30 bits per heavy atom. The molecule has 3 heterocycles. The van der Waals surface area contributed by atoms with Gasteiger partial charge in [-0.2, -0.15) is 0 Å². The fourth-order valence-electron chi connectivity index (χ4n) is 3.10. The van der Waals surface area contributed by atoms with Crippen LogP contribution in [0.15, 0.2) is 17.1 Å². The second kappa shape index (κ2) is 5.52. The van der Waals surface area contributed by atoms with E-state index in [2.05, 4.69) is 9.98 Å². The summed E-state index contributed by atoms with van der Waals surface area (Å²) in [5.74, 6) is -0.107. The molecular weight excluding hydrogens is 305 g/mol. The van der Waals surface area contributed by atoms with Gasteiger partial charge in [-0.3, -0.25) is 4.99 Å². The van der Waals surface area contributed by atoms with E-state index in [1.807, 2.05) is 13.8 Å². The number of nitro groups is 1. The largest absolute Gasteiger partial charge is 0.457 e. The monoisotopic (exact) mass is 323 g/mol. The number of nitrogens with zero attached hydrogens (tertiary/aromatic N) is 3. The summed E-state index contributed by atoms with van der Waals surface area (Å²) in [6, 6.07) is 3.13. The number of rotatable bonds is 6. The van der Waals surface area contributed by atoms with Crippen molar-refractivity contribution in [1.29, 1.82) is 0 Å². The number of halogens is 1. The summed E-state index contributed by atoms with van der Waals surface area (Å²) in [6.45, 7) is 3.46. The molecule has 2 aliphatic heterocycles. The number of ether oxygens (including phenoxy) is 2. The van der Waals surface area contributed by atoms with Gasteiger partial charge in [-0.25, -0.2) is 4.39 Å². The van der Waals surface area contributed by atoms with Crippen LogP contribution in [0.3, 0.4) is 0 Å². The van der Waals surface area contributed by atoms with Crippen LogP contribution in [0.1, 0.15) is 32.3 Å². The minimum absolute atomic E-state index is 0.125. The Kier molecular flexibility index (Phi) is 3.79. The fourth-order valence-corrected chi connectivity index (χ4v) is 3.10. The van der Waals surface area contributed by atoms with Crippen molar-refractivity contribution in [1.82, 2.24) is 4.98 Å². The zero-order valence-corrected chi connectivity index (χ0v) is 13.0. The molecule has 2 saturated heterocycles. The summed E-state index contributed by atoms with van der Waals surface area (Å²) in [6.07, 6.45) is 2.34. The van der Waals surface area contributed by atoms with Crippen LogP contribution in [0.5, 0.6) is 5.88 Å². The predicted octanol–water partition coefficient (Wildman–Crippen LogP) is 2.47. The second-order valence-corrected chi connectivity index (χ2v) is 6.43. The molecule has 4 rings (SSSR count). The zero-order valence-electron chi connectivity index (χ0n) is 13.0. The molecule has 0 N–H and O–H groups in total. The first kappa shape index (κ1) is 15.8. The molecule has 7 nitrogen and oxygen atoms in total. The average molecular weight is 323 g/mol. The average Bonchev–Trinajstić information content (AvgIpc) is 3.01. The van der Waals surface area contributed by atoms with Gasteiger partial charge in [-0.05, 0) is 24.8 Å². The third-order valence-corrected chi connectivity index (χ3v) is 4.08. The highest BCUT2D eigenvalue weighted by atomic mass is 19.1. The molecule has 1 aromatic heterocycles. The van der Waals surface area contributed by atoms with E-state index < -0.39 is 22.7 Å². The fraction of sp³-hybridized carbons (Fsp3) is 0.600. The van der Waals surface area contributed by atoms with Crippen LogP contribution in [0.2, 0.25) is 0 Å². The Morgan fingerprint density at radius 3 is 2.87 bits per heavy atom. The van der Waals surface area contributed by atoms with E-state index in [0.29, 0.717) is 25.0 Å². The van der Waals surface area contributed by atoms with E-state index in [4.69, 9.17) is 9.47 Å². The molecule has 3 fully saturated rings. The zero-order chi connectivity index (χ0) is 16.7. The summed E-state index contributed by atoms with van der Waals surface area (Å²) >= 11 is 0. The van der Waals surface area contributed by atoms with Crippen molar-refractivity contribution in [3.8, 4) is 5.88 Å². The van der Waals surface area contributed by atoms with Crippen molar-refractivity contribution >= 4 is 12.0 Å². The van der Waals surface area contributed by atoms with Gasteiger partial charge in [0.2, 0.25) is 0 Å². The van der Waals surface area contributed by atoms with Crippen molar-refractivity contribution in [3.63, 3.8) is 0 Å². The van der Waals surface area contributed by atoms with Crippen molar-refractivity contribution in [2.24, 2.45) is 4.99 Å². The molecule has 124 valence electrons. The topological polar surface area (TPSA) is 86.8 Å². The molecule has 0 amide bonds. The van der Waals surface area contributed by atoms with Crippen molar-refractivity contribution in [2.45, 2.75) is 43.9 Å². The summed E-state index contributed by atoms with van der Waals surface area (Å²) < 4.78 is 23.7. The summed E-state index contributed by atoms with van der Waals surface area (Å²) in [5.41, 5.74) is -0.839. The quantitative estimate of drug-likeness (QED) is 0.456. The van der Waals surface area contributed by atoms with Gasteiger partial charge in [-0.1, -0.05) is 0 Å². The van der Waals surface area contributed by atoms with E-state index in [1.165, 1.54) is 6.21 Å². The maximum Gasteiger partial charge on any atom is 0.376 e. The van der Waals surface area contributed by atoms with Gasteiger partial charge in [0.05, 0.1) is 23.8 Å². The number of hydrogen-bond acceptors (Lipinski definition) is 6. The van der Waals surface area contributed by atoms with Crippen molar-refractivity contribution in [3.05, 3.63) is 27.8 Å². The standard InChI is InChI=1S/C15H18FN3O4/c1-10(2)23-12-4-3-11(13(18-12)19(20)21)5-17-14-6-15(7-14,8-16)22-9-14/h3-5,10H,6-9H2,1-2H3/b17-5+. The summed E-state index contributed by atoms with van der Waals surface area (Å²) in [5, 5.41) is 11.2. The van der Waals surface area contributed by atoms with E-state index in [1.54, 1.807) is 12.1 Å². The molecule has 23 heavy (non-hydrogen) atoms. The Labute approximate surface area is 132 Å². The van der Waals surface area contributed by atoms with Gasteiger partial charge in [0.1, 0.15) is 12.3 Å². The van der Waals surface area contributed by atoms with E-state index >= 15 is 0 Å². The lowest BCUT2D eigenvalue weighted by atomic mass is 9.69. The lowest BCUT2D eigenvalue weighted by Gasteiger charge is -2.39. The molecule has 1 aromatic rings. The van der Waals surface area contributed by atoms with Crippen molar-refractivity contribution in [2.75, 3.05) is 13.3 Å². The molecule has 0 radical (unpaired) electrons. The Bertz CT molecular complexity index is 656. The number of fused-ring (bicyclic) bond motifs is 1. The van der Waals surface area contributed by atoms with Crippen LogP contribution in [0.4, 0.5) is 10.2 Å². The molecule has 0 spiro atoms. The Hall–Kier alpha value is -2.09. The summed E-state index contributed by atoms with van der Waals surface area (Å²) in [7, 11) is 0. The highest BCUT2D eigenvalue weighted by Crippen LogP contribution is 2.54. The van der Waals surface area contributed by atoms with Crippen LogP contribution in [0, 0.1) is 10.1 Å². The van der Waals surface area contributed by atoms with Crippen LogP contribution >= 0.6 is 0 Å². The number of aromatic nitrogens is 1. The van der Waals surface area contributed by atoms with Gasteiger partial charge in [0.15, 0.2) is 0 Å². The highest BCUT2D eigenvalue weighted by Gasteiger charge is 2.62. The molecular formula is C15H18FN3O4. The summed E-state index contributed by atoms with van der Waals surface area (Å²) in [4.78, 5) is 19.0. The lowest BCUT2D eigenvalue weighted by molar-refractivity contribution is -0.389. The van der Waals surface area contributed by atoms with Gasteiger partial charge in [-0.15, -0.1) is 0 Å². The molecule has 0 aromatic carbocycles. The van der Waals surface area contributed by atoms with E-state index in [0.717, 1.165) is 0 Å². The number of pyridine rings is 1. The minimum Gasteiger partial charge on any atom is -0.457 e. The van der Waals surface area contributed by atoms with E-state index in [9.17, 15) is 14.5 Å². The Balaban J connectivity index is 1.80. The first-order valence-electron chi connectivity index (χ1n) is 7.44. The smallest absolute Gasteiger partial charge is 0.376 e. The third-order valence-electron chi connectivity index (χ3n) is 4.08. The molecule has 0 unspecified atom stereocenters. The minimum atomic E-state index is -0.684. The van der Waals surface area contributed by atoms with Crippen LogP contribution < -0.4 is 4.74 Å². The lowest BCUT2D eigenvalue weighted by Crippen LogP contribution is -2.49. The third kappa shape index (κ3) is 2.90. The first-order chi connectivity index (χ1) is 10.9. The number of hydrogen-bond donors (Lipinski definition) is 0. The molecule has 3 aliphatic rings. The van der Waals surface area contributed by atoms with Gasteiger partial charge < -0.3 is 19.6 Å². The first-order valence-corrected chi connectivity index (χ1v) is 7.44. The van der Waals surface area contributed by atoms with Gasteiger partial charge >= 0.3 is 11.7 Å². The van der Waals surface area contributed by atoms with Gasteiger partial charge in [0, 0.05) is 30.1 Å². The number of aliphatic imine (C=N–C) groups is 1. The second-order valence-electron chi connectivity index (χ2n) is 6.43.